The molecule has 2 amide bonds. The maximum absolute atomic E-state index is 13.3. The van der Waals surface area contributed by atoms with Crippen molar-refractivity contribution in [2.45, 2.75) is 25.7 Å². The maximum Gasteiger partial charge on any atom is 0.323 e. The number of urea groups is 1. The Balaban J connectivity index is 1.42. The van der Waals surface area contributed by atoms with E-state index >= 15 is 0 Å². The van der Waals surface area contributed by atoms with Gasteiger partial charge in [-0.05, 0) is 55.3 Å². The predicted molar refractivity (Wildman–Crippen MR) is 122 cm³/mol. The summed E-state index contributed by atoms with van der Waals surface area (Å²) < 4.78 is 13.3. The van der Waals surface area contributed by atoms with Crippen molar-refractivity contribution in [2.75, 3.05) is 28.6 Å². The molecular formula is C23H23ClFN5O. The second kappa shape index (κ2) is 9.75. The van der Waals surface area contributed by atoms with E-state index in [0.29, 0.717) is 11.4 Å². The van der Waals surface area contributed by atoms with Crippen LogP contribution in [-0.2, 0) is 0 Å². The topological polar surface area (TPSA) is 70.2 Å². The summed E-state index contributed by atoms with van der Waals surface area (Å²) in [5, 5.41) is 14.1. The van der Waals surface area contributed by atoms with Gasteiger partial charge in [-0.3, -0.25) is 0 Å². The predicted octanol–water partition coefficient (Wildman–Crippen LogP) is 5.96. The molecule has 160 valence electrons. The van der Waals surface area contributed by atoms with Gasteiger partial charge in [-0.2, -0.15) is 0 Å². The quantitative estimate of drug-likeness (QED) is 0.526. The highest BCUT2D eigenvalue weighted by Crippen LogP contribution is 2.24. The summed E-state index contributed by atoms with van der Waals surface area (Å²) in [7, 11) is 0. The van der Waals surface area contributed by atoms with Gasteiger partial charge in [-0.1, -0.05) is 36.6 Å². The van der Waals surface area contributed by atoms with Gasteiger partial charge in [0.15, 0.2) is 5.82 Å². The lowest BCUT2D eigenvalue weighted by Crippen LogP contribution is -2.25. The summed E-state index contributed by atoms with van der Waals surface area (Å²) in [6.07, 6.45) is 4.90. The van der Waals surface area contributed by atoms with Crippen LogP contribution in [0.5, 0.6) is 0 Å². The standard InChI is InChI=1S/C23H23ClFN5O/c24-19-15-18(8-9-20(19)25)27-23(31)26-17-7-5-6-16(14-17)21-10-11-22(29-28-21)30-12-3-1-2-4-13-30/h5-11,14-15H,1-4,12-13H2,(H2,26,27,31). The molecule has 1 aromatic heterocycles. The Morgan fingerprint density at radius 3 is 2.32 bits per heavy atom. The van der Waals surface area contributed by atoms with Crippen molar-refractivity contribution in [1.82, 2.24) is 10.2 Å². The van der Waals surface area contributed by atoms with E-state index in [1.165, 1.54) is 43.9 Å². The largest absolute Gasteiger partial charge is 0.355 e. The number of nitrogens with one attached hydrogen (secondary N) is 2. The molecule has 1 fully saturated rings. The van der Waals surface area contributed by atoms with Crippen LogP contribution in [0.15, 0.2) is 54.6 Å². The first-order valence-electron chi connectivity index (χ1n) is 10.3. The van der Waals surface area contributed by atoms with Crippen LogP contribution in [0.2, 0.25) is 5.02 Å². The molecule has 1 aliphatic heterocycles. The zero-order valence-corrected chi connectivity index (χ0v) is 17.7. The Morgan fingerprint density at radius 2 is 1.65 bits per heavy atom. The molecule has 4 rings (SSSR count). The van der Waals surface area contributed by atoms with Crippen LogP contribution in [-0.4, -0.2) is 29.3 Å². The fourth-order valence-corrected chi connectivity index (χ4v) is 3.75. The summed E-state index contributed by atoms with van der Waals surface area (Å²) >= 11 is 5.75. The van der Waals surface area contributed by atoms with E-state index in [0.717, 1.165) is 30.2 Å². The van der Waals surface area contributed by atoms with E-state index in [1.54, 1.807) is 6.07 Å². The molecule has 0 atom stereocenters. The summed E-state index contributed by atoms with van der Waals surface area (Å²) in [4.78, 5) is 14.6. The molecule has 0 bridgehead atoms. The number of carbonyl (C=O) groups is 1. The number of nitrogens with zero attached hydrogens (tertiary/aromatic N) is 3. The van der Waals surface area contributed by atoms with Crippen molar-refractivity contribution in [2.24, 2.45) is 0 Å². The summed E-state index contributed by atoms with van der Waals surface area (Å²) in [6.45, 7) is 2.03. The summed E-state index contributed by atoms with van der Waals surface area (Å²) in [6, 6.07) is 14.8. The number of aromatic nitrogens is 2. The minimum Gasteiger partial charge on any atom is -0.355 e. The number of halogens is 2. The molecule has 0 radical (unpaired) electrons. The van der Waals surface area contributed by atoms with E-state index in [-0.39, 0.29) is 5.02 Å². The Bertz CT molecular complexity index is 1050. The van der Waals surface area contributed by atoms with Gasteiger partial charge in [-0.15, -0.1) is 10.2 Å². The van der Waals surface area contributed by atoms with Crippen LogP contribution in [0.4, 0.5) is 26.4 Å². The SMILES string of the molecule is O=C(Nc1cccc(-c2ccc(N3CCCCCC3)nn2)c1)Nc1ccc(F)c(Cl)c1. The molecule has 0 spiro atoms. The molecule has 3 aromatic rings. The van der Waals surface area contributed by atoms with Gasteiger partial charge >= 0.3 is 6.03 Å². The Kier molecular flexibility index (Phi) is 6.62. The second-order valence-corrected chi connectivity index (χ2v) is 7.87. The van der Waals surface area contributed by atoms with Crippen molar-refractivity contribution < 1.29 is 9.18 Å². The van der Waals surface area contributed by atoms with Crippen molar-refractivity contribution >= 4 is 34.8 Å². The fourth-order valence-electron chi connectivity index (χ4n) is 3.57. The van der Waals surface area contributed by atoms with E-state index < -0.39 is 11.8 Å². The first kappa shape index (κ1) is 21.1. The van der Waals surface area contributed by atoms with Crippen molar-refractivity contribution in [3.05, 3.63) is 65.4 Å². The third kappa shape index (κ3) is 5.49. The monoisotopic (exact) mass is 439 g/mol. The normalized spacial score (nSPS) is 14.1. The zero-order valence-electron chi connectivity index (χ0n) is 16.9. The van der Waals surface area contributed by atoms with E-state index in [9.17, 15) is 9.18 Å². The van der Waals surface area contributed by atoms with Crippen LogP contribution >= 0.6 is 11.6 Å². The van der Waals surface area contributed by atoms with Crippen LogP contribution in [0.25, 0.3) is 11.3 Å². The van der Waals surface area contributed by atoms with Crippen molar-refractivity contribution in [3.63, 3.8) is 0 Å². The molecule has 0 aliphatic carbocycles. The minimum absolute atomic E-state index is 0.0537. The average molecular weight is 440 g/mol. The number of anilines is 3. The van der Waals surface area contributed by atoms with Gasteiger partial charge in [0.05, 0.1) is 10.7 Å². The molecule has 1 saturated heterocycles. The Morgan fingerprint density at radius 1 is 0.903 bits per heavy atom. The lowest BCUT2D eigenvalue weighted by molar-refractivity contribution is 0.262. The molecule has 2 N–H and O–H groups in total. The smallest absolute Gasteiger partial charge is 0.323 e. The number of hydrogen-bond acceptors (Lipinski definition) is 4. The van der Waals surface area contributed by atoms with Gasteiger partial charge in [0, 0.05) is 30.0 Å². The molecule has 6 nitrogen and oxygen atoms in total. The highest BCUT2D eigenvalue weighted by molar-refractivity contribution is 6.31. The Hall–Kier alpha value is -3.19. The number of amides is 2. The number of benzene rings is 2. The third-order valence-electron chi connectivity index (χ3n) is 5.17. The van der Waals surface area contributed by atoms with Crippen molar-refractivity contribution in [3.8, 4) is 11.3 Å². The fraction of sp³-hybridized carbons (Fsp3) is 0.261. The minimum atomic E-state index is -0.539. The van der Waals surface area contributed by atoms with E-state index in [2.05, 4.69) is 25.7 Å². The van der Waals surface area contributed by atoms with Gasteiger partial charge in [0.25, 0.3) is 0 Å². The second-order valence-electron chi connectivity index (χ2n) is 7.47. The summed E-state index contributed by atoms with van der Waals surface area (Å²) in [5.41, 5.74) is 2.57. The molecular weight excluding hydrogens is 417 g/mol. The number of carbonyl (C=O) groups excluding carboxylic acids is 1. The number of hydrogen-bond donors (Lipinski definition) is 2. The highest BCUT2D eigenvalue weighted by Gasteiger charge is 2.12. The lowest BCUT2D eigenvalue weighted by Gasteiger charge is -2.20. The summed E-state index contributed by atoms with van der Waals surface area (Å²) in [5.74, 6) is 0.362. The molecule has 0 unspecified atom stereocenters. The van der Waals surface area contributed by atoms with Gasteiger partial charge in [0.2, 0.25) is 0 Å². The van der Waals surface area contributed by atoms with Crippen LogP contribution in [0, 0.1) is 5.82 Å². The molecule has 2 aromatic carbocycles. The first-order chi connectivity index (χ1) is 15.1. The third-order valence-corrected chi connectivity index (χ3v) is 5.46. The van der Waals surface area contributed by atoms with E-state index in [1.807, 2.05) is 30.3 Å². The first-order valence-corrected chi connectivity index (χ1v) is 10.7. The van der Waals surface area contributed by atoms with Crippen LogP contribution in [0.1, 0.15) is 25.7 Å². The molecule has 1 aliphatic rings. The molecule has 8 heteroatoms. The van der Waals surface area contributed by atoms with Gasteiger partial charge in [-0.25, -0.2) is 9.18 Å². The number of rotatable bonds is 4. The van der Waals surface area contributed by atoms with Crippen molar-refractivity contribution in [1.29, 1.82) is 0 Å². The molecule has 0 saturated carbocycles. The van der Waals surface area contributed by atoms with E-state index in [4.69, 9.17) is 11.6 Å². The zero-order chi connectivity index (χ0) is 21.6. The van der Waals surface area contributed by atoms with Gasteiger partial charge < -0.3 is 15.5 Å². The molecule has 2 heterocycles. The van der Waals surface area contributed by atoms with Crippen LogP contribution in [0.3, 0.4) is 0 Å². The molecule has 31 heavy (non-hydrogen) atoms. The van der Waals surface area contributed by atoms with Crippen LogP contribution < -0.4 is 15.5 Å². The average Bonchev–Trinajstić information content (AvgIpc) is 3.06. The maximum atomic E-state index is 13.3. The van der Waals surface area contributed by atoms with Gasteiger partial charge in [0.1, 0.15) is 5.82 Å². The Labute approximate surface area is 185 Å². The lowest BCUT2D eigenvalue weighted by atomic mass is 10.1. The highest BCUT2D eigenvalue weighted by atomic mass is 35.5.